The van der Waals surface area contributed by atoms with Gasteiger partial charge in [0.05, 0.1) is 19.3 Å². The summed E-state index contributed by atoms with van der Waals surface area (Å²) in [5.41, 5.74) is 0.754. The quantitative estimate of drug-likeness (QED) is 0.341. The maximum atomic E-state index is 10.0. The average molecular weight is 329 g/mol. The molecule has 0 bridgehead atoms. The fraction of sp³-hybridized carbons (Fsp3) is 0.600. The van der Waals surface area contributed by atoms with E-state index >= 15 is 0 Å². The minimum atomic E-state index is -1.53. The lowest BCUT2D eigenvalue weighted by molar-refractivity contribution is -0.223. The Morgan fingerprint density at radius 1 is 0.913 bits per heavy atom. The molecule has 130 valence electrons. The molecule has 0 spiro atoms. The number of benzene rings is 1. The number of nitrogens with zero attached hydrogens (tertiary/aromatic N) is 1. The molecular weight excluding hydrogens is 306 g/mol. The highest BCUT2D eigenvalue weighted by Crippen LogP contribution is 2.23. The van der Waals surface area contributed by atoms with Crippen LogP contribution in [0.5, 0.6) is 5.75 Å². The zero-order chi connectivity index (χ0) is 17.0. The van der Waals surface area contributed by atoms with Crippen molar-refractivity contribution in [1.29, 1.82) is 0 Å². The maximum absolute atomic E-state index is 10.0. The molecule has 0 aromatic heterocycles. The van der Waals surface area contributed by atoms with Gasteiger partial charge in [0, 0.05) is 6.54 Å². The Kier molecular flexibility index (Phi) is 6.31. The Bertz CT molecular complexity index is 483. The van der Waals surface area contributed by atoms with Crippen LogP contribution >= 0.6 is 0 Å². The van der Waals surface area contributed by atoms with E-state index in [4.69, 9.17) is 9.84 Å². The molecule has 0 saturated carbocycles. The van der Waals surface area contributed by atoms with Crippen molar-refractivity contribution in [2.75, 3.05) is 19.8 Å². The largest absolute Gasteiger partial charge is 0.492 e. The Balaban J connectivity index is 1.94. The monoisotopic (exact) mass is 329 g/mol. The van der Waals surface area contributed by atoms with E-state index in [0.717, 1.165) is 5.56 Å². The van der Waals surface area contributed by atoms with Crippen LogP contribution < -0.4 is 4.74 Å². The first-order valence-corrected chi connectivity index (χ1v) is 7.41. The summed E-state index contributed by atoms with van der Waals surface area (Å²) in [5.74, 6) is 0.565. The first-order chi connectivity index (χ1) is 11.0. The number of piperidine rings is 1. The molecule has 0 amide bonds. The van der Waals surface area contributed by atoms with Gasteiger partial charge >= 0.3 is 0 Å². The Morgan fingerprint density at radius 2 is 1.57 bits per heavy atom. The Labute approximate surface area is 133 Å². The predicted octanol–water partition coefficient (Wildman–Crippen LogP) is -2.36. The highest BCUT2D eigenvalue weighted by molar-refractivity contribution is 5.26. The zero-order valence-electron chi connectivity index (χ0n) is 12.6. The van der Waals surface area contributed by atoms with E-state index in [2.05, 4.69) is 0 Å². The van der Waals surface area contributed by atoms with Gasteiger partial charge in [-0.15, -0.1) is 0 Å². The van der Waals surface area contributed by atoms with Crippen LogP contribution in [0.3, 0.4) is 0 Å². The van der Waals surface area contributed by atoms with E-state index < -0.39 is 37.2 Å². The van der Waals surface area contributed by atoms with E-state index in [1.165, 1.54) is 4.90 Å². The summed E-state index contributed by atoms with van der Waals surface area (Å²) in [4.78, 5) is 1.30. The molecule has 8 nitrogen and oxygen atoms in total. The summed E-state index contributed by atoms with van der Waals surface area (Å²) in [7, 11) is 0. The summed E-state index contributed by atoms with van der Waals surface area (Å²) in [5, 5.41) is 57.6. The maximum Gasteiger partial charge on any atom is 0.136 e. The van der Waals surface area contributed by atoms with Crippen LogP contribution in [-0.2, 0) is 6.61 Å². The predicted molar refractivity (Wildman–Crippen MR) is 79.5 cm³/mol. The lowest BCUT2D eigenvalue weighted by atomic mass is 9.93. The van der Waals surface area contributed by atoms with Gasteiger partial charge in [-0.2, -0.15) is 0 Å². The van der Waals surface area contributed by atoms with Gasteiger partial charge in [0.2, 0.25) is 0 Å². The first kappa shape index (κ1) is 18.1. The minimum Gasteiger partial charge on any atom is -0.492 e. The lowest BCUT2D eigenvalue weighted by Crippen LogP contribution is -2.67. The molecule has 1 heterocycles. The first-order valence-electron chi connectivity index (χ1n) is 7.41. The molecule has 2 rings (SSSR count). The molecule has 6 N–H and O–H groups in total. The molecule has 8 heteroatoms. The number of hydrogen-bond acceptors (Lipinski definition) is 8. The SMILES string of the molecule is OCc1ccc(OCCN2C(O)[C@H](O)[C@@H](O)[C@H](O)[C@H]2CO)cc1. The van der Waals surface area contributed by atoms with Crippen LogP contribution in [0.4, 0.5) is 0 Å². The molecule has 1 aromatic rings. The van der Waals surface area contributed by atoms with Crippen LogP contribution in [0.2, 0.25) is 0 Å². The second-order valence-electron chi connectivity index (χ2n) is 5.52. The third kappa shape index (κ3) is 3.99. The van der Waals surface area contributed by atoms with Gasteiger partial charge in [-0.05, 0) is 17.7 Å². The van der Waals surface area contributed by atoms with Crippen LogP contribution in [0.1, 0.15) is 5.56 Å². The molecule has 1 aromatic carbocycles. The summed E-state index contributed by atoms with van der Waals surface area (Å²) in [6.45, 7) is -0.264. The van der Waals surface area contributed by atoms with E-state index in [9.17, 15) is 25.5 Å². The molecule has 1 saturated heterocycles. The highest BCUT2D eigenvalue weighted by Gasteiger charge is 2.46. The van der Waals surface area contributed by atoms with Gasteiger partial charge in [-0.1, -0.05) is 12.1 Å². The lowest BCUT2D eigenvalue weighted by Gasteiger charge is -2.46. The number of rotatable bonds is 6. The molecule has 23 heavy (non-hydrogen) atoms. The second-order valence-corrected chi connectivity index (χ2v) is 5.52. The summed E-state index contributed by atoms with van der Waals surface area (Å²) < 4.78 is 5.50. The van der Waals surface area contributed by atoms with Crippen molar-refractivity contribution >= 4 is 0 Å². The molecule has 0 radical (unpaired) electrons. The minimum absolute atomic E-state index is 0.0590. The van der Waals surface area contributed by atoms with Crippen LogP contribution in [-0.4, -0.2) is 85.9 Å². The molecule has 0 aliphatic carbocycles. The van der Waals surface area contributed by atoms with E-state index in [0.29, 0.717) is 5.75 Å². The van der Waals surface area contributed by atoms with Crippen LogP contribution in [0.15, 0.2) is 24.3 Å². The molecular formula is C15H23NO7. The van der Waals surface area contributed by atoms with Gasteiger partial charge in [0.25, 0.3) is 0 Å². The molecule has 5 atom stereocenters. The molecule has 1 unspecified atom stereocenters. The van der Waals surface area contributed by atoms with Crippen molar-refractivity contribution < 1.29 is 35.4 Å². The third-order valence-corrected chi connectivity index (χ3v) is 4.08. The Morgan fingerprint density at radius 3 is 2.13 bits per heavy atom. The van der Waals surface area contributed by atoms with Crippen molar-refractivity contribution in [3.63, 3.8) is 0 Å². The number of aliphatic hydroxyl groups excluding tert-OH is 6. The van der Waals surface area contributed by atoms with Gasteiger partial charge in [0.1, 0.15) is 36.9 Å². The zero-order valence-corrected chi connectivity index (χ0v) is 12.6. The smallest absolute Gasteiger partial charge is 0.136 e. The van der Waals surface area contributed by atoms with Crippen molar-refractivity contribution in [2.45, 2.75) is 37.2 Å². The van der Waals surface area contributed by atoms with Crippen molar-refractivity contribution in [1.82, 2.24) is 4.90 Å². The average Bonchev–Trinajstić information content (AvgIpc) is 2.58. The van der Waals surface area contributed by atoms with Crippen LogP contribution in [0, 0.1) is 0 Å². The fourth-order valence-electron chi connectivity index (χ4n) is 2.67. The number of hydrogen-bond donors (Lipinski definition) is 6. The van der Waals surface area contributed by atoms with Gasteiger partial charge in [-0.3, -0.25) is 4.90 Å². The number of likely N-dealkylation sites (tertiary alicyclic amines) is 1. The molecule has 1 aliphatic heterocycles. The van der Waals surface area contributed by atoms with E-state index in [1.54, 1.807) is 24.3 Å². The number of ether oxygens (including phenoxy) is 1. The van der Waals surface area contributed by atoms with Gasteiger partial charge in [-0.25, -0.2) is 0 Å². The van der Waals surface area contributed by atoms with Crippen molar-refractivity contribution in [3.05, 3.63) is 29.8 Å². The summed E-state index contributed by atoms with van der Waals surface area (Å²) >= 11 is 0. The van der Waals surface area contributed by atoms with Gasteiger partial charge in [0.15, 0.2) is 0 Å². The fourth-order valence-corrected chi connectivity index (χ4v) is 2.67. The summed E-state index contributed by atoms with van der Waals surface area (Å²) in [6.07, 6.45) is -5.84. The third-order valence-electron chi connectivity index (χ3n) is 4.08. The van der Waals surface area contributed by atoms with E-state index in [1.807, 2.05) is 0 Å². The standard InChI is InChI=1S/C15H23NO7/c17-7-9-1-3-10(4-2-9)23-6-5-16-11(8-18)12(19)13(20)14(21)15(16)22/h1-4,11-15,17-22H,5-8H2/t11-,12-,13+,14-,15?/m1/s1. The highest BCUT2D eigenvalue weighted by atomic mass is 16.5. The summed E-state index contributed by atoms with van der Waals surface area (Å²) in [6, 6.07) is 5.91. The van der Waals surface area contributed by atoms with Gasteiger partial charge < -0.3 is 35.4 Å². The topological polar surface area (TPSA) is 134 Å². The van der Waals surface area contributed by atoms with Crippen LogP contribution in [0.25, 0.3) is 0 Å². The normalized spacial score (nSPS) is 32.0. The molecule has 1 aliphatic rings. The Hall–Kier alpha value is -1.26. The number of aliphatic hydroxyl groups is 6. The van der Waals surface area contributed by atoms with E-state index in [-0.39, 0.29) is 19.8 Å². The van der Waals surface area contributed by atoms with Crippen molar-refractivity contribution in [2.24, 2.45) is 0 Å². The molecule has 1 fully saturated rings. The van der Waals surface area contributed by atoms with Crippen molar-refractivity contribution in [3.8, 4) is 5.75 Å². The second kappa shape index (κ2) is 8.02.